The number of hydrogen-bond donors (Lipinski definition) is 0. The van der Waals surface area contributed by atoms with Crippen LogP contribution in [0, 0.1) is 0 Å². The summed E-state index contributed by atoms with van der Waals surface area (Å²) in [6.45, 7) is 7.18. The Morgan fingerprint density at radius 3 is 2.31 bits per heavy atom. The highest BCUT2D eigenvalue weighted by molar-refractivity contribution is 5.05. The van der Waals surface area contributed by atoms with Crippen molar-refractivity contribution in [1.29, 1.82) is 0 Å². The number of methoxy groups -OCH3 is 1. The molecule has 0 aromatic heterocycles. The molecule has 0 aromatic rings. The number of nitrogens with zero attached hydrogens (tertiary/aromatic N) is 1. The van der Waals surface area contributed by atoms with Crippen LogP contribution in [0.3, 0.4) is 0 Å². The Hall–Kier alpha value is -0.340. The minimum Gasteiger partial charge on any atom is -0.381 e. The highest BCUT2D eigenvalue weighted by Crippen LogP contribution is 2.13. The van der Waals surface area contributed by atoms with Crippen molar-refractivity contribution < 1.29 is 4.74 Å². The number of ether oxygens (including phenoxy) is 1. The molecule has 0 bridgehead atoms. The Morgan fingerprint density at radius 1 is 1.31 bits per heavy atom. The molecule has 0 radical (unpaired) electrons. The second-order valence-corrected chi connectivity index (χ2v) is 3.12. The van der Waals surface area contributed by atoms with E-state index in [0.29, 0.717) is 0 Å². The van der Waals surface area contributed by atoms with E-state index in [2.05, 4.69) is 18.0 Å². The van der Waals surface area contributed by atoms with Crippen LogP contribution in [0.1, 0.15) is 26.7 Å². The molecular weight excluding hydrogens is 162 g/mol. The molecule has 1 rings (SSSR count). The topological polar surface area (TPSA) is 12.5 Å². The lowest BCUT2D eigenvalue weighted by atomic mass is 10.0. The quantitative estimate of drug-likeness (QED) is 0.612. The zero-order valence-corrected chi connectivity index (χ0v) is 9.47. The maximum Gasteiger partial charge on any atom is 0.0646 e. The SMILES string of the molecule is CC.COCC=C1CCN(C)CC1. The van der Waals surface area contributed by atoms with Gasteiger partial charge in [-0.3, -0.25) is 0 Å². The van der Waals surface area contributed by atoms with Crippen molar-refractivity contribution >= 4 is 0 Å². The van der Waals surface area contributed by atoms with Crippen molar-refractivity contribution in [2.24, 2.45) is 0 Å². The Balaban J connectivity index is 0.000000671. The predicted molar refractivity (Wildman–Crippen MR) is 58.0 cm³/mol. The van der Waals surface area contributed by atoms with Gasteiger partial charge in [-0.15, -0.1) is 0 Å². The van der Waals surface area contributed by atoms with E-state index in [1.165, 1.54) is 25.9 Å². The summed E-state index contributed by atoms with van der Waals surface area (Å²) < 4.78 is 4.98. The van der Waals surface area contributed by atoms with Gasteiger partial charge in [-0.1, -0.05) is 25.5 Å². The van der Waals surface area contributed by atoms with Gasteiger partial charge in [-0.05, 0) is 19.9 Å². The third-order valence-electron chi connectivity index (χ3n) is 2.17. The highest BCUT2D eigenvalue weighted by Gasteiger charge is 2.08. The van der Waals surface area contributed by atoms with Crippen molar-refractivity contribution in [2.75, 3.05) is 33.9 Å². The maximum absolute atomic E-state index is 4.98. The van der Waals surface area contributed by atoms with Crippen LogP contribution in [0.25, 0.3) is 0 Å². The Bertz CT molecular complexity index is 133. The smallest absolute Gasteiger partial charge is 0.0646 e. The molecule has 0 aliphatic carbocycles. The standard InChI is InChI=1S/C9H17NO.C2H6/c1-10-6-3-9(4-7-10)5-8-11-2;1-2/h5H,3-4,6-8H2,1-2H3;1-2H3. The molecule has 0 atom stereocenters. The first-order valence-electron chi connectivity index (χ1n) is 5.18. The normalized spacial score (nSPS) is 17.7. The Kier molecular flexibility index (Phi) is 8.05. The van der Waals surface area contributed by atoms with E-state index in [9.17, 15) is 0 Å². The van der Waals surface area contributed by atoms with Gasteiger partial charge in [0.05, 0.1) is 6.61 Å². The Labute approximate surface area is 82.6 Å². The summed E-state index contributed by atoms with van der Waals surface area (Å²) in [6, 6.07) is 0. The number of piperidine rings is 1. The second kappa shape index (κ2) is 8.27. The summed E-state index contributed by atoms with van der Waals surface area (Å²) in [7, 11) is 3.92. The van der Waals surface area contributed by atoms with Crippen LogP contribution in [0.5, 0.6) is 0 Å². The molecule has 0 unspecified atom stereocenters. The molecule has 13 heavy (non-hydrogen) atoms. The number of rotatable bonds is 2. The molecule has 0 saturated carbocycles. The van der Waals surface area contributed by atoms with Crippen LogP contribution in [0.15, 0.2) is 11.6 Å². The summed E-state index contributed by atoms with van der Waals surface area (Å²) in [4.78, 5) is 2.37. The van der Waals surface area contributed by atoms with E-state index >= 15 is 0 Å². The molecule has 1 heterocycles. The summed E-state index contributed by atoms with van der Waals surface area (Å²) >= 11 is 0. The fourth-order valence-electron chi connectivity index (χ4n) is 1.31. The molecule has 1 saturated heterocycles. The minimum absolute atomic E-state index is 0.777. The Morgan fingerprint density at radius 2 is 1.85 bits per heavy atom. The van der Waals surface area contributed by atoms with Crippen molar-refractivity contribution in [3.8, 4) is 0 Å². The molecule has 0 N–H and O–H groups in total. The van der Waals surface area contributed by atoms with E-state index in [0.717, 1.165) is 6.61 Å². The average molecular weight is 185 g/mol. The maximum atomic E-state index is 4.98. The predicted octanol–water partition coefficient (Wildman–Crippen LogP) is 2.31. The van der Waals surface area contributed by atoms with Gasteiger partial charge in [-0.2, -0.15) is 0 Å². The molecule has 0 spiro atoms. The van der Waals surface area contributed by atoms with Crippen molar-refractivity contribution in [1.82, 2.24) is 4.90 Å². The van der Waals surface area contributed by atoms with Crippen LogP contribution < -0.4 is 0 Å². The van der Waals surface area contributed by atoms with Gasteiger partial charge in [0.25, 0.3) is 0 Å². The molecule has 1 aliphatic heterocycles. The van der Waals surface area contributed by atoms with Gasteiger partial charge in [0.1, 0.15) is 0 Å². The molecule has 0 amide bonds. The molecule has 1 aliphatic rings. The summed E-state index contributed by atoms with van der Waals surface area (Å²) in [5.74, 6) is 0. The van der Waals surface area contributed by atoms with Gasteiger partial charge in [0.2, 0.25) is 0 Å². The lowest BCUT2D eigenvalue weighted by Gasteiger charge is -2.23. The van der Waals surface area contributed by atoms with E-state index in [-0.39, 0.29) is 0 Å². The van der Waals surface area contributed by atoms with Gasteiger partial charge in [0, 0.05) is 20.2 Å². The van der Waals surface area contributed by atoms with Crippen molar-refractivity contribution in [3.05, 3.63) is 11.6 Å². The average Bonchev–Trinajstić information content (AvgIpc) is 2.20. The zero-order chi connectivity index (χ0) is 10.1. The molecular formula is C11H23NO. The number of likely N-dealkylation sites (tertiary alicyclic amines) is 1. The first-order valence-corrected chi connectivity index (χ1v) is 5.18. The zero-order valence-electron chi connectivity index (χ0n) is 9.47. The van der Waals surface area contributed by atoms with Gasteiger partial charge in [-0.25, -0.2) is 0 Å². The monoisotopic (exact) mass is 185 g/mol. The van der Waals surface area contributed by atoms with E-state index in [1.807, 2.05) is 13.8 Å². The highest BCUT2D eigenvalue weighted by atomic mass is 16.5. The fourth-order valence-corrected chi connectivity index (χ4v) is 1.31. The lowest BCUT2D eigenvalue weighted by Crippen LogP contribution is -2.26. The van der Waals surface area contributed by atoms with Crippen LogP contribution in [-0.2, 0) is 4.74 Å². The summed E-state index contributed by atoms with van der Waals surface area (Å²) in [6.07, 6.45) is 4.66. The third kappa shape index (κ3) is 5.83. The molecule has 2 heteroatoms. The third-order valence-corrected chi connectivity index (χ3v) is 2.17. The van der Waals surface area contributed by atoms with Gasteiger partial charge < -0.3 is 9.64 Å². The van der Waals surface area contributed by atoms with Crippen molar-refractivity contribution in [3.63, 3.8) is 0 Å². The van der Waals surface area contributed by atoms with Crippen LogP contribution >= 0.6 is 0 Å². The number of hydrogen-bond acceptors (Lipinski definition) is 2. The fraction of sp³-hybridized carbons (Fsp3) is 0.818. The van der Waals surface area contributed by atoms with E-state index in [1.54, 1.807) is 12.7 Å². The molecule has 1 fully saturated rings. The molecule has 0 aromatic carbocycles. The minimum atomic E-state index is 0.777. The van der Waals surface area contributed by atoms with Crippen LogP contribution in [-0.4, -0.2) is 38.8 Å². The molecule has 78 valence electrons. The van der Waals surface area contributed by atoms with Gasteiger partial charge in [0.15, 0.2) is 0 Å². The van der Waals surface area contributed by atoms with Crippen LogP contribution in [0.4, 0.5) is 0 Å². The summed E-state index contributed by atoms with van der Waals surface area (Å²) in [5.41, 5.74) is 1.56. The molecule has 2 nitrogen and oxygen atoms in total. The van der Waals surface area contributed by atoms with E-state index in [4.69, 9.17) is 4.74 Å². The van der Waals surface area contributed by atoms with E-state index < -0.39 is 0 Å². The second-order valence-electron chi connectivity index (χ2n) is 3.12. The lowest BCUT2D eigenvalue weighted by molar-refractivity contribution is 0.231. The van der Waals surface area contributed by atoms with Crippen LogP contribution in [0.2, 0.25) is 0 Å². The largest absolute Gasteiger partial charge is 0.381 e. The first kappa shape index (κ1) is 12.7. The van der Waals surface area contributed by atoms with Crippen molar-refractivity contribution in [2.45, 2.75) is 26.7 Å². The summed E-state index contributed by atoms with van der Waals surface area (Å²) in [5, 5.41) is 0. The first-order chi connectivity index (χ1) is 6.33. The van der Waals surface area contributed by atoms with Gasteiger partial charge >= 0.3 is 0 Å².